The summed E-state index contributed by atoms with van der Waals surface area (Å²) in [7, 11) is 1.47. The van der Waals surface area contributed by atoms with Gasteiger partial charge in [0.25, 0.3) is 5.91 Å². The third-order valence-corrected chi connectivity index (χ3v) is 3.47. The molecule has 1 aromatic rings. The summed E-state index contributed by atoms with van der Waals surface area (Å²) >= 11 is 6.15. The van der Waals surface area contributed by atoms with Crippen molar-refractivity contribution >= 4 is 35.6 Å². The zero-order valence-corrected chi connectivity index (χ0v) is 13.7. The van der Waals surface area contributed by atoms with Crippen LogP contribution in [0.3, 0.4) is 0 Å². The van der Waals surface area contributed by atoms with Crippen LogP contribution in [0.5, 0.6) is 11.5 Å². The second-order valence-electron chi connectivity index (χ2n) is 4.73. The maximum atomic E-state index is 12.1. The predicted molar refractivity (Wildman–Crippen MR) is 85.0 cm³/mol. The molecule has 0 bridgehead atoms. The van der Waals surface area contributed by atoms with Gasteiger partial charge in [0.15, 0.2) is 11.5 Å². The highest BCUT2D eigenvalue weighted by Gasteiger charge is 2.35. The molecule has 1 aliphatic heterocycles. The first-order valence-corrected chi connectivity index (χ1v) is 7.31. The first-order chi connectivity index (χ1) is 11.4. The number of carboxylic acid groups (broad SMARTS) is 1. The Bertz CT molecular complexity index is 731. The molecule has 1 aliphatic rings. The minimum Gasteiger partial charge on any atom is -0.493 e. The van der Waals surface area contributed by atoms with Crippen molar-refractivity contribution in [3.63, 3.8) is 0 Å². The van der Waals surface area contributed by atoms with Gasteiger partial charge >= 0.3 is 12.0 Å². The number of ether oxygens (including phenoxy) is 2. The number of imide groups is 1. The lowest BCUT2D eigenvalue weighted by Gasteiger charge is -2.11. The molecule has 2 rings (SSSR count). The van der Waals surface area contributed by atoms with Crippen molar-refractivity contribution < 1.29 is 29.0 Å². The third kappa shape index (κ3) is 3.60. The van der Waals surface area contributed by atoms with Gasteiger partial charge in [0.1, 0.15) is 12.2 Å². The van der Waals surface area contributed by atoms with Crippen molar-refractivity contribution in [3.05, 3.63) is 28.4 Å². The molecule has 0 unspecified atom stereocenters. The van der Waals surface area contributed by atoms with E-state index in [1.165, 1.54) is 19.3 Å². The first-order valence-electron chi connectivity index (χ1n) is 6.94. The van der Waals surface area contributed by atoms with E-state index in [0.717, 1.165) is 0 Å². The largest absolute Gasteiger partial charge is 0.493 e. The van der Waals surface area contributed by atoms with E-state index in [4.69, 9.17) is 26.2 Å². The lowest BCUT2D eigenvalue weighted by molar-refractivity contribution is -0.140. The molecule has 2 N–H and O–H groups in total. The number of methoxy groups -OCH3 is 1. The van der Waals surface area contributed by atoms with Crippen LogP contribution in [0.4, 0.5) is 4.79 Å². The summed E-state index contributed by atoms with van der Waals surface area (Å²) in [5, 5.41) is 11.3. The number of urea groups is 1. The maximum absolute atomic E-state index is 12.1. The molecule has 128 valence electrons. The number of hydrogen-bond acceptors (Lipinski definition) is 5. The van der Waals surface area contributed by atoms with Crippen LogP contribution in [0.25, 0.3) is 6.08 Å². The van der Waals surface area contributed by atoms with Crippen molar-refractivity contribution in [3.8, 4) is 11.5 Å². The number of halogens is 1. The van der Waals surface area contributed by atoms with Crippen molar-refractivity contribution in [2.24, 2.45) is 0 Å². The Kier molecular flexibility index (Phi) is 5.30. The number of benzene rings is 1. The topological polar surface area (TPSA) is 105 Å². The molecule has 8 nitrogen and oxygen atoms in total. The molecular formula is C15H15ClN2O6. The Hall–Kier alpha value is -2.74. The van der Waals surface area contributed by atoms with Crippen LogP contribution in [0.1, 0.15) is 12.5 Å². The van der Waals surface area contributed by atoms with Gasteiger partial charge in [-0.15, -0.1) is 0 Å². The number of carboxylic acids is 1. The molecule has 1 heterocycles. The zero-order valence-electron chi connectivity index (χ0n) is 13.0. The van der Waals surface area contributed by atoms with Gasteiger partial charge in [-0.25, -0.2) is 9.69 Å². The minimum absolute atomic E-state index is 0.0734. The molecule has 9 heteroatoms. The fourth-order valence-corrected chi connectivity index (χ4v) is 2.30. The lowest BCUT2D eigenvalue weighted by Crippen LogP contribution is -2.35. The molecule has 0 atom stereocenters. The average molecular weight is 355 g/mol. The average Bonchev–Trinajstić information content (AvgIpc) is 2.77. The van der Waals surface area contributed by atoms with Gasteiger partial charge in [-0.3, -0.25) is 9.59 Å². The SMILES string of the molecule is CCOc1cc(/C=C2/NC(=O)N(CC(=O)O)C2=O)c(Cl)cc1OC. The van der Waals surface area contributed by atoms with Gasteiger partial charge in [0.05, 0.1) is 18.7 Å². The van der Waals surface area contributed by atoms with Crippen LogP contribution in [0.2, 0.25) is 5.02 Å². The van der Waals surface area contributed by atoms with E-state index in [1.54, 1.807) is 13.0 Å². The van der Waals surface area contributed by atoms with E-state index in [0.29, 0.717) is 28.6 Å². The lowest BCUT2D eigenvalue weighted by atomic mass is 10.1. The monoisotopic (exact) mass is 354 g/mol. The van der Waals surface area contributed by atoms with E-state index in [9.17, 15) is 14.4 Å². The minimum atomic E-state index is -1.29. The van der Waals surface area contributed by atoms with Gasteiger partial charge < -0.3 is 19.9 Å². The molecule has 24 heavy (non-hydrogen) atoms. The van der Waals surface area contributed by atoms with Crippen LogP contribution in [-0.2, 0) is 9.59 Å². The fraction of sp³-hybridized carbons (Fsp3) is 0.267. The van der Waals surface area contributed by atoms with E-state index < -0.39 is 24.5 Å². The van der Waals surface area contributed by atoms with Crippen LogP contribution >= 0.6 is 11.6 Å². The highest BCUT2D eigenvalue weighted by atomic mass is 35.5. The highest BCUT2D eigenvalue weighted by molar-refractivity contribution is 6.32. The molecule has 1 fully saturated rings. The van der Waals surface area contributed by atoms with E-state index in [1.807, 2.05) is 0 Å². The Morgan fingerprint density at radius 3 is 2.67 bits per heavy atom. The Morgan fingerprint density at radius 1 is 1.38 bits per heavy atom. The second-order valence-corrected chi connectivity index (χ2v) is 5.14. The number of nitrogens with one attached hydrogen (secondary N) is 1. The van der Waals surface area contributed by atoms with E-state index in [-0.39, 0.29) is 10.7 Å². The molecule has 1 aromatic carbocycles. The Labute approximate surface area is 142 Å². The summed E-state index contributed by atoms with van der Waals surface area (Å²) in [6.45, 7) is 1.48. The Morgan fingerprint density at radius 2 is 2.08 bits per heavy atom. The van der Waals surface area contributed by atoms with Crippen molar-refractivity contribution in [1.82, 2.24) is 10.2 Å². The molecule has 1 saturated heterocycles. The van der Waals surface area contributed by atoms with Gasteiger partial charge in [0.2, 0.25) is 0 Å². The molecular weight excluding hydrogens is 340 g/mol. The van der Waals surface area contributed by atoms with E-state index in [2.05, 4.69) is 5.32 Å². The quantitative estimate of drug-likeness (QED) is 0.595. The number of amides is 3. The molecule has 0 radical (unpaired) electrons. The number of hydrogen-bond donors (Lipinski definition) is 2. The molecule has 0 spiro atoms. The zero-order chi connectivity index (χ0) is 17.9. The standard InChI is InChI=1S/C15H15ClN2O6/c1-3-24-12-5-8(9(16)6-11(12)23-2)4-10-14(21)18(7-13(19)20)15(22)17-10/h4-6H,3,7H2,1-2H3,(H,17,22)(H,19,20)/b10-4+. The normalized spacial score (nSPS) is 15.6. The number of carbonyl (C=O) groups excluding carboxylic acids is 2. The smallest absolute Gasteiger partial charge is 0.329 e. The first kappa shape index (κ1) is 17.6. The Balaban J connectivity index is 2.37. The molecule has 0 saturated carbocycles. The number of carbonyl (C=O) groups is 3. The fourth-order valence-electron chi connectivity index (χ4n) is 2.10. The predicted octanol–water partition coefficient (Wildman–Crippen LogP) is 1.72. The van der Waals surface area contributed by atoms with Gasteiger partial charge in [-0.2, -0.15) is 0 Å². The number of nitrogens with zero attached hydrogens (tertiary/aromatic N) is 1. The van der Waals surface area contributed by atoms with Gasteiger partial charge in [-0.1, -0.05) is 11.6 Å². The summed E-state index contributed by atoms with van der Waals surface area (Å²) < 4.78 is 10.6. The van der Waals surface area contributed by atoms with Crippen LogP contribution in [0.15, 0.2) is 17.8 Å². The summed E-state index contributed by atoms with van der Waals surface area (Å²) in [6, 6.07) is 2.29. The van der Waals surface area contributed by atoms with Crippen LogP contribution in [0, 0.1) is 0 Å². The number of rotatable bonds is 6. The highest BCUT2D eigenvalue weighted by Crippen LogP contribution is 2.34. The summed E-state index contributed by atoms with van der Waals surface area (Å²) in [5.41, 5.74) is 0.345. The van der Waals surface area contributed by atoms with Crippen LogP contribution in [-0.4, -0.2) is 48.2 Å². The van der Waals surface area contributed by atoms with Gasteiger partial charge in [-0.05, 0) is 24.6 Å². The van der Waals surface area contributed by atoms with E-state index >= 15 is 0 Å². The maximum Gasteiger partial charge on any atom is 0.329 e. The second kappa shape index (κ2) is 7.22. The van der Waals surface area contributed by atoms with Crippen molar-refractivity contribution in [2.45, 2.75) is 6.92 Å². The summed E-state index contributed by atoms with van der Waals surface area (Å²) in [4.78, 5) is 35.1. The molecule has 0 aliphatic carbocycles. The van der Waals surface area contributed by atoms with Crippen LogP contribution < -0.4 is 14.8 Å². The molecule has 0 aromatic heterocycles. The van der Waals surface area contributed by atoms with Crippen molar-refractivity contribution in [2.75, 3.05) is 20.3 Å². The summed E-state index contributed by atoms with van der Waals surface area (Å²) in [5.74, 6) is -1.18. The summed E-state index contributed by atoms with van der Waals surface area (Å²) in [6.07, 6.45) is 1.35. The molecule has 3 amide bonds. The third-order valence-electron chi connectivity index (χ3n) is 3.14. The number of aliphatic carboxylic acids is 1. The van der Waals surface area contributed by atoms with Gasteiger partial charge in [0, 0.05) is 6.07 Å². The van der Waals surface area contributed by atoms with Crippen molar-refractivity contribution in [1.29, 1.82) is 0 Å².